The van der Waals surface area contributed by atoms with E-state index in [1.54, 1.807) is 13.2 Å². The highest BCUT2D eigenvalue weighted by molar-refractivity contribution is 5.92. The number of benzene rings is 2. The topological polar surface area (TPSA) is 85.4 Å². The van der Waals surface area contributed by atoms with Crippen LogP contribution in [0.25, 0.3) is 0 Å². The molecule has 1 heterocycles. The van der Waals surface area contributed by atoms with Gasteiger partial charge >= 0.3 is 0 Å². The van der Waals surface area contributed by atoms with Crippen molar-refractivity contribution in [2.24, 2.45) is 0 Å². The van der Waals surface area contributed by atoms with Gasteiger partial charge in [0.2, 0.25) is 0 Å². The van der Waals surface area contributed by atoms with Crippen molar-refractivity contribution in [3.63, 3.8) is 0 Å². The average molecular weight is 392 g/mol. The smallest absolute Gasteiger partial charge is 0.270 e. The Morgan fingerprint density at radius 3 is 2.34 bits per heavy atom. The largest absolute Gasteiger partial charge is 0.497 e. The highest BCUT2D eigenvalue weighted by Crippen LogP contribution is 2.18. The lowest BCUT2D eigenvalue weighted by Crippen LogP contribution is -2.28. The molecule has 0 unspecified atom stereocenters. The van der Waals surface area contributed by atoms with Gasteiger partial charge in [-0.3, -0.25) is 4.79 Å². The second-order valence-electron chi connectivity index (χ2n) is 6.57. The molecule has 0 atom stereocenters. The van der Waals surface area contributed by atoms with Crippen molar-refractivity contribution < 1.29 is 14.3 Å². The van der Waals surface area contributed by atoms with Crippen LogP contribution in [0.3, 0.4) is 0 Å². The number of amides is 1. The molecular weight excluding hydrogens is 368 g/mol. The van der Waals surface area contributed by atoms with Crippen LogP contribution in [-0.4, -0.2) is 36.1 Å². The molecule has 150 valence electrons. The molecular formula is C22H24N4O3. The first-order valence-corrected chi connectivity index (χ1v) is 9.26. The molecule has 0 aliphatic rings. The van der Waals surface area contributed by atoms with Gasteiger partial charge in [0.25, 0.3) is 5.91 Å². The van der Waals surface area contributed by atoms with E-state index in [4.69, 9.17) is 9.47 Å². The van der Waals surface area contributed by atoms with Gasteiger partial charge < -0.3 is 20.1 Å². The molecule has 1 aromatic heterocycles. The SMILES string of the molecule is COc1ccc(OCCNC(=O)c2cc(Nc3cc(C)cc(C)c3)ncn2)cc1. The zero-order valence-corrected chi connectivity index (χ0v) is 16.7. The quantitative estimate of drug-likeness (QED) is 0.569. The van der Waals surface area contributed by atoms with Crippen molar-refractivity contribution in [1.29, 1.82) is 0 Å². The molecule has 0 fully saturated rings. The lowest BCUT2D eigenvalue weighted by atomic mass is 10.1. The summed E-state index contributed by atoms with van der Waals surface area (Å²) in [7, 11) is 1.61. The van der Waals surface area contributed by atoms with Crippen LogP contribution in [0.5, 0.6) is 11.5 Å². The number of aryl methyl sites for hydroxylation is 2. The monoisotopic (exact) mass is 392 g/mol. The van der Waals surface area contributed by atoms with E-state index in [-0.39, 0.29) is 11.6 Å². The minimum Gasteiger partial charge on any atom is -0.497 e. The molecule has 2 N–H and O–H groups in total. The molecule has 0 saturated heterocycles. The van der Waals surface area contributed by atoms with Gasteiger partial charge in [-0.15, -0.1) is 0 Å². The molecule has 1 amide bonds. The lowest BCUT2D eigenvalue weighted by Gasteiger charge is -2.10. The molecule has 7 nitrogen and oxygen atoms in total. The van der Waals surface area contributed by atoms with Crippen LogP contribution in [0.2, 0.25) is 0 Å². The highest BCUT2D eigenvalue weighted by atomic mass is 16.5. The summed E-state index contributed by atoms with van der Waals surface area (Å²) in [6.07, 6.45) is 1.37. The van der Waals surface area contributed by atoms with E-state index >= 15 is 0 Å². The zero-order chi connectivity index (χ0) is 20.6. The van der Waals surface area contributed by atoms with Crippen molar-refractivity contribution in [3.05, 3.63) is 71.7 Å². The number of anilines is 2. The number of rotatable bonds is 8. The van der Waals surface area contributed by atoms with Crippen molar-refractivity contribution in [2.75, 3.05) is 25.6 Å². The normalized spacial score (nSPS) is 10.3. The summed E-state index contributed by atoms with van der Waals surface area (Å²) in [5, 5.41) is 6.01. The number of carbonyl (C=O) groups is 1. The summed E-state index contributed by atoms with van der Waals surface area (Å²) in [6, 6.07) is 15.0. The van der Waals surface area contributed by atoms with Gasteiger partial charge in [0.1, 0.15) is 35.9 Å². The molecule has 3 rings (SSSR count). The number of aromatic nitrogens is 2. The summed E-state index contributed by atoms with van der Waals surface area (Å²) >= 11 is 0. The predicted octanol–water partition coefficient (Wildman–Crippen LogP) is 3.65. The fraction of sp³-hybridized carbons (Fsp3) is 0.227. The third kappa shape index (κ3) is 5.93. The first kappa shape index (κ1) is 20.1. The number of ether oxygens (including phenoxy) is 2. The van der Waals surface area contributed by atoms with Crippen molar-refractivity contribution in [1.82, 2.24) is 15.3 Å². The molecule has 0 aliphatic heterocycles. The Hall–Kier alpha value is -3.61. The lowest BCUT2D eigenvalue weighted by molar-refractivity contribution is 0.0942. The number of nitrogens with one attached hydrogen (secondary N) is 2. The van der Waals surface area contributed by atoms with E-state index in [1.165, 1.54) is 6.33 Å². The first-order valence-electron chi connectivity index (χ1n) is 9.26. The number of methoxy groups -OCH3 is 1. The number of nitrogens with zero attached hydrogens (tertiary/aromatic N) is 2. The number of hydrogen-bond donors (Lipinski definition) is 2. The molecule has 2 aromatic carbocycles. The van der Waals surface area contributed by atoms with E-state index in [0.717, 1.165) is 22.6 Å². The van der Waals surface area contributed by atoms with E-state index in [9.17, 15) is 4.79 Å². The third-order valence-electron chi connectivity index (χ3n) is 4.11. The Bertz CT molecular complexity index is 954. The molecule has 0 saturated carbocycles. The van der Waals surface area contributed by atoms with Gasteiger partial charge in [0.15, 0.2) is 0 Å². The van der Waals surface area contributed by atoms with Crippen LogP contribution < -0.4 is 20.1 Å². The van der Waals surface area contributed by atoms with Gasteiger partial charge in [-0.2, -0.15) is 0 Å². The molecule has 7 heteroatoms. The van der Waals surface area contributed by atoms with Crippen LogP contribution in [-0.2, 0) is 0 Å². The second-order valence-corrected chi connectivity index (χ2v) is 6.57. The van der Waals surface area contributed by atoms with E-state index < -0.39 is 0 Å². The van der Waals surface area contributed by atoms with Crippen molar-refractivity contribution >= 4 is 17.4 Å². The summed E-state index contributed by atoms with van der Waals surface area (Å²) in [5.74, 6) is 1.75. The van der Waals surface area contributed by atoms with Crippen LogP contribution >= 0.6 is 0 Å². The maximum Gasteiger partial charge on any atom is 0.270 e. The Morgan fingerprint density at radius 2 is 1.66 bits per heavy atom. The summed E-state index contributed by atoms with van der Waals surface area (Å²) < 4.78 is 10.7. The maximum absolute atomic E-state index is 12.4. The van der Waals surface area contributed by atoms with Crippen LogP contribution in [0.15, 0.2) is 54.9 Å². The van der Waals surface area contributed by atoms with Gasteiger partial charge in [-0.25, -0.2) is 9.97 Å². The maximum atomic E-state index is 12.4. The van der Waals surface area contributed by atoms with Crippen LogP contribution in [0.4, 0.5) is 11.5 Å². The fourth-order valence-corrected chi connectivity index (χ4v) is 2.84. The predicted molar refractivity (Wildman–Crippen MR) is 112 cm³/mol. The third-order valence-corrected chi connectivity index (χ3v) is 4.11. The Labute approximate surface area is 170 Å². The number of hydrogen-bond acceptors (Lipinski definition) is 6. The molecule has 0 bridgehead atoms. The molecule has 0 spiro atoms. The Balaban J connectivity index is 1.52. The number of carbonyl (C=O) groups excluding carboxylic acids is 1. The minimum atomic E-state index is -0.283. The standard InChI is InChI=1S/C22H24N4O3/c1-15-10-16(2)12-17(11-15)26-21-13-20(24-14-25-21)22(27)23-8-9-29-19-6-4-18(28-3)5-7-19/h4-7,10-14H,8-9H2,1-3H3,(H,23,27)(H,24,25,26). The summed E-state index contributed by atoms with van der Waals surface area (Å²) in [4.78, 5) is 20.6. The van der Waals surface area contributed by atoms with Gasteiger partial charge in [-0.05, 0) is 61.4 Å². The Morgan fingerprint density at radius 1 is 0.966 bits per heavy atom. The van der Waals surface area contributed by atoms with E-state index in [2.05, 4.69) is 26.7 Å². The van der Waals surface area contributed by atoms with Crippen LogP contribution in [0, 0.1) is 13.8 Å². The summed E-state index contributed by atoms with van der Waals surface area (Å²) in [6.45, 7) is 4.77. The average Bonchev–Trinajstić information content (AvgIpc) is 2.71. The van der Waals surface area contributed by atoms with Crippen LogP contribution in [0.1, 0.15) is 21.6 Å². The Kier molecular flexibility index (Phi) is 6.63. The minimum absolute atomic E-state index is 0.283. The summed E-state index contributed by atoms with van der Waals surface area (Å²) in [5.41, 5.74) is 3.50. The zero-order valence-electron chi connectivity index (χ0n) is 16.7. The van der Waals surface area contributed by atoms with Gasteiger partial charge in [-0.1, -0.05) is 6.07 Å². The molecule has 0 aliphatic carbocycles. The van der Waals surface area contributed by atoms with Gasteiger partial charge in [0, 0.05) is 11.8 Å². The highest BCUT2D eigenvalue weighted by Gasteiger charge is 2.09. The van der Waals surface area contributed by atoms with Crippen molar-refractivity contribution in [3.8, 4) is 11.5 Å². The van der Waals surface area contributed by atoms with E-state index in [1.807, 2.05) is 50.2 Å². The fourth-order valence-electron chi connectivity index (χ4n) is 2.84. The second kappa shape index (κ2) is 9.54. The molecule has 3 aromatic rings. The first-order chi connectivity index (χ1) is 14.0. The molecule has 29 heavy (non-hydrogen) atoms. The molecule has 0 radical (unpaired) electrons. The van der Waals surface area contributed by atoms with Gasteiger partial charge in [0.05, 0.1) is 13.7 Å². The van der Waals surface area contributed by atoms with Crippen molar-refractivity contribution in [2.45, 2.75) is 13.8 Å². The van der Waals surface area contributed by atoms with E-state index in [0.29, 0.717) is 24.7 Å².